The lowest BCUT2D eigenvalue weighted by molar-refractivity contribution is -0.140. The second-order valence-electron chi connectivity index (χ2n) is 3.90. The van der Waals surface area contributed by atoms with Crippen molar-refractivity contribution in [2.24, 2.45) is 0 Å². The predicted octanol–water partition coefficient (Wildman–Crippen LogP) is 3.90. The summed E-state index contributed by atoms with van der Waals surface area (Å²) in [6.07, 6.45) is -4.46. The van der Waals surface area contributed by atoms with Crippen molar-refractivity contribution in [1.29, 1.82) is 0 Å². The lowest BCUT2D eigenvalue weighted by Crippen LogP contribution is -2.11. The van der Waals surface area contributed by atoms with Gasteiger partial charge in [0.05, 0.1) is 5.56 Å². The Hall–Kier alpha value is -2.02. The van der Waals surface area contributed by atoms with E-state index in [1.807, 2.05) is 0 Å². The van der Waals surface area contributed by atoms with Crippen LogP contribution in [-0.4, -0.2) is 17.7 Å². The zero-order valence-electron chi connectivity index (χ0n) is 9.98. The Bertz CT molecular complexity index is 606. The summed E-state index contributed by atoms with van der Waals surface area (Å²) in [6.45, 7) is -0.609. The summed E-state index contributed by atoms with van der Waals surface area (Å²) in [4.78, 5) is 10.5. The number of benzene rings is 1. The van der Waals surface area contributed by atoms with Crippen molar-refractivity contribution in [2.75, 3.05) is 6.61 Å². The van der Waals surface area contributed by atoms with E-state index in [9.17, 15) is 18.0 Å². The topological polar surface area (TPSA) is 46.5 Å². The molecular formula is C13H9F3O3S. The van der Waals surface area contributed by atoms with Gasteiger partial charge < -0.3 is 9.84 Å². The van der Waals surface area contributed by atoms with Crippen molar-refractivity contribution in [3.05, 3.63) is 40.6 Å². The fraction of sp³-hybridized carbons (Fsp3) is 0.154. The van der Waals surface area contributed by atoms with Gasteiger partial charge in [0.1, 0.15) is 5.75 Å². The Morgan fingerprint density at radius 1 is 1.30 bits per heavy atom. The number of carboxylic acids is 1. The number of ether oxygens (including phenoxy) is 1. The van der Waals surface area contributed by atoms with Gasteiger partial charge in [-0.25, -0.2) is 4.79 Å². The summed E-state index contributed by atoms with van der Waals surface area (Å²) < 4.78 is 43.2. The highest BCUT2D eigenvalue weighted by atomic mass is 32.1. The SMILES string of the molecule is O=C(O)COc1ccc(C(F)(F)F)cc1-c1ccsc1. The third-order valence-corrected chi connectivity index (χ3v) is 3.17. The minimum atomic E-state index is -4.46. The number of alkyl halides is 3. The van der Waals surface area contributed by atoms with E-state index < -0.39 is 24.3 Å². The first-order valence-electron chi connectivity index (χ1n) is 5.46. The molecule has 0 aliphatic rings. The zero-order valence-corrected chi connectivity index (χ0v) is 10.8. The number of carboxylic acid groups (broad SMARTS) is 1. The van der Waals surface area contributed by atoms with E-state index in [0.29, 0.717) is 5.56 Å². The molecular weight excluding hydrogens is 293 g/mol. The van der Waals surface area contributed by atoms with Crippen molar-refractivity contribution in [3.8, 4) is 16.9 Å². The second kappa shape index (κ2) is 5.54. The largest absolute Gasteiger partial charge is 0.481 e. The van der Waals surface area contributed by atoms with Crippen molar-refractivity contribution in [1.82, 2.24) is 0 Å². The van der Waals surface area contributed by atoms with Crippen LogP contribution in [0.3, 0.4) is 0 Å². The number of rotatable bonds is 4. The highest BCUT2D eigenvalue weighted by Crippen LogP contribution is 2.37. The van der Waals surface area contributed by atoms with E-state index in [4.69, 9.17) is 9.84 Å². The van der Waals surface area contributed by atoms with Crippen LogP contribution in [0.4, 0.5) is 13.2 Å². The molecule has 0 saturated heterocycles. The van der Waals surface area contributed by atoms with E-state index in [0.717, 1.165) is 18.2 Å². The number of hydrogen-bond donors (Lipinski definition) is 1. The maximum atomic E-state index is 12.7. The third-order valence-electron chi connectivity index (χ3n) is 2.49. The monoisotopic (exact) mass is 302 g/mol. The van der Waals surface area contributed by atoms with E-state index in [1.54, 1.807) is 16.8 Å². The van der Waals surface area contributed by atoms with Crippen LogP contribution >= 0.6 is 11.3 Å². The Morgan fingerprint density at radius 3 is 2.60 bits per heavy atom. The van der Waals surface area contributed by atoms with Gasteiger partial charge in [-0.1, -0.05) is 0 Å². The Balaban J connectivity index is 2.44. The summed E-state index contributed by atoms with van der Waals surface area (Å²) in [6, 6.07) is 4.61. The van der Waals surface area contributed by atoms with E-state index in [-0.39, 0.29) is 11.3 Å². The first-order chi connectivity index (χ1) is 9.38. The number of aliphatic carboxylic acids is 1. The number of halogens is 3. The molecule has 2 rings (SSSR count). The normalized spacial score (nSPS) is 11.3. The fourth-order valence-electron chi connectivity index (χ4n) is 1.61. The molecule has 0 saturated carbocycles. The van der Waals surface area contributed by atoms with Crippen LogP contribution in [0.5, 0.6) is 5.75 Å². The van der Waals surface area contributed by atoms with Crippen LogP contribution in [-0.2, 0) is 11.0 Å². The summed E-state index contributed by atoms with van der Waals surface area (Å²) in [7, 11) is 0. The van der Waals surface area contributed by atoms with Crippen LogP contribution in [0.25, 0.3) is 11.1 Å². The first kappa shape index (κ1) is 14.4. The van der Waals surface area contributed by atoms with Gasteiger partial charge in [0, 0.05) is 5.56 Å². The second-order valence-corrected chi connectivity index (χ2v) is 4.68. The van der Waals surface area contributed by atoms with Gasteiger partial charge >= 0.3 is 12.1 Å². The highest BCUT2D eigenvalue weighted by molar-refractivity contribution is 7.08. The van der Waals surface area contributed by atoms with Crippen LogP contribution in [0.15, 0.2) is 35.0 Å². The molecule has 0 fully saturated rings. The van der Waals surface area contributed by atoms with Crippen LogP contribution < -0.4 is 4.74 Å². The molecule has 1 aromatic heterocycles. The molecule has 0 bridgehead atoms. The van der Waals surface area contributed by atoms with Gasteiger partial charge in [-0.05, 0) is 40.6 Å². The van der Waals surface area contributed by atoms with Gasteiger partial charge in [0.25, 0.3) is 0 Å². The van der Waals surface area contributed by atoms with Crippen molar-refractivity contribution < 1.29 is 27.8 Å². The maximum Gasteiger partial charge on any atom is 0.416 e. The lowest BCUT2D eigenvalue weighted by atomic mass is 10.0. The summed E-state index contributed by atoms with van der Waals surface area (Å²) in [5, 5.41) is 12.0. The molecule has 0 amide bonds. The summed E-state index contributed by atoms with van der Waals surface area (Å²) >= 11 is 1.33. The molecule has 1 aromatic carbocycles. The lowest BCUT2D eigenvalue weighted by Gasteiger charge is -2.13. The smallest absolute Gasteiger partial charge is 0.416 e. The summed E-state index contributed by atoms with van der Waals surface area (Å²) in [5.41, 5.74) is -0.0230. The molecule has 0 radical (unpaired) electrons. The van der Waals surface area contributed by atoms with Gasteiger partial charge in [-0.15, -0.1) is 0 Å². The molecule has 2 aromatic rings. The number of carbonyl (C=O) groups is 1. The zero-order chi connectivity index (χ0) is 14.8. The van der Waals surface area contributed by atoms with Crippen LogP contribution in [0.1, 0.15) is 5.56 Å². The van der Waals surface area contributed by atoms with Crippen molar-refractivity contribution >= 4 is 17.3 Å². The first-order valence-corrected chi connectivity index (χ1v) is 6.40. The standard InChI is InChI=1S/C13H9F3O3S/c14-13(15,16)9-1-2-11(19-6-12(17)18)10(5-9)8-3-4-20-7-8/h1-5,7H,6H2,(H,17,18). The fourth-order valence-corrected chi connectivity index (χ4v) is 2.27. The number of thiophene rings is 1. The van der Waals surface area contributed by atoms with E-state index >= 15 is 0 Å². The highest BCUT2D eigenvalue weighted by Gasteiger charge is 2.31. The predicted molar refractivity (Wildman–Crippen MR) is 67.9 cm³/mol. The van der Waals surface area contributed by atoms with Gasteiger partial charge in [0.15, 0.2) is 6.61 Å². The van der Waals surface area contributed by atoms with Crippen LogP contribution in [0.2, 0.25) is 0 Å². The molecule has 0 aliphatic heterocycles. The molecule has 1 N–H and O–H groups in total. The van der Waals surface area contributed by atoms with Crippen molar-refractivity contribution in [3.63, 3.8) is 0 Å². The average molecular weight is 302 g/mol. The molecule has 7 heteroatoms. The quantitative estimate of drug-likeness (QED) is 0.931. The Kier molecular flexibility index (Phi) is 3.99. The molecule has 0 unspecified atom stereocenters. The minimum Gasteiger partial charge on any atom is -0.481 e. The Morgan fingerprint density at radius 2 is 2.05 bits per heavy atom. The molecule has 0 atom stereocenters. The average Bonchev–Trinajstić information content (AvgIpc) is 2.88. The van der Waals surface area contributed by atoms with Crippen molar-refractivity contribution in [2.45, 2.75) is 6.18 Å². The molecule has 106 valence electrons. The van der Waals surface area contributed by atoms with Gasteiger partial charge in [-0.3, -0.25) is 0 Å². The molecule has 1 heterocycles. The van der Waals surface area contributed by atoms with Crippen LogP contribution in [0, 0.1) is 0 Å². The third kappa shape index (κ3) is 3.30. The Labute approximate surface area is 116 Å². The maximum absolute atomic E-state index is 12.7. The van der Waals surface area contributed by atoms with E-state index in [2.05, 4.69) is 0 Å². The molecule has 0 spiro atoms. The molecule has 20 heavy (non-hydrogen) atoms. The van der Waals surface area contributed by atoms with E-state index in [1.165, 1.54) is 11.3 Å². The minimum absolute atomic E-state index is 0.110. The van der Waals surface area contributed by atoms with Gasteiger partial charge in [0.2, 0.25) is 0 Å². The summed E-state index contributed by atoms with van der Waals surface area (Å²) in [5.74, 6) is -1.08. The molecule has 3 nitrogen and oxygen atoms in total. The molecule has 0 aliphatic carbocycles. The number of hydrogen-bond acceptors (Lipinski definition) is 3. The van der Waals surface area contributed by atoms with Gasteiger partial charge in [-0.2, -0.15) is 24.5 Å².